The van der Waals surface area contributed by atoms with Crippen molar-refractivity contribution < 1.29 is 35.6 Å². The Morgan fingerprint density at radius 1 is 0.929 bits per heavy atom. The molecule has 224 valence electrons. The van der Waals surface area contributed by atoms with Crippen molar-refractivity contribution in [3.63, 3.8) is 0 Å². The Morgan fingerprint density at radius 3 is 2.19 bits per heavy atom. The largest absolute Gasteiger partial charge is 0.456 e. The SMILES string of the molecule is CCN(CC)S(=O)(=O)c1ccc(NC(=O)COC(=O)CC2c3ccccc3CCN2S(=O)(=O)c2ccc(F)cc2)cc1. The summed E-state index contributed by atoms with van der Waals surface area (Å²) in [6, 6.07) is 16.4. The maximum atomic E-state index is 13.5. The molecule has 0 aromatic heterocycles. The van der Waals surface area contributed by atoms with E-state index >= 15 is 0 Å². The molecule has 0 bridgehead atoms. The Kier molecular flexibility index (Phi) is 9.77. The average Bonchev–Trinajstić information content (AvgIpc) is 2.97. The van der Waals surface area contributed by atoms with Crippen molar-refractivity contribution in [1.82, 2.24) is 8.61 Å². The zero-order chi connectivity index (χ0) is 30.5. The van der Waals surface area contributed by atoms with E-state index in [1.807, 2.05) is 12.1 Å². The number of sulfonamides is 2. The van der Waals surface area contributed by atoms with Gasteiger partial charge >= 0.3 is 5.97 Å². The summed E-state index contributed by atoms with van der Waals surface area (Å²) in [5, 5.41) is 2.55. The lowest BCUT2D eigenvalue weighted by atomic mass is 9.92. The number of nitrogens with zero attached hydrogens (tertiary/aromatic N) is 2. The Labute approximate surface area is 245 Å². The topological polar surface area (TPSA) is 130 Å². The predicted octanol–water partition coefficient (Wildman–Crippen LogP) is 3.72. The third-order valence-corrected chi connectivity index (χ3v) is 11.0. The first-order valence-electron chi connectivity index (χ1n) is 13.4. The molecule has 0 fully saturated rings. The second kappa shape index (κ2) is 13.1. The third-order valence-electron chi connectivity index (χ3n) is 6.99. The van der Waals surface area contributed by atoms with Gasteiger partial charge in [0.2, 0.25) is 20.0 Å². The molecule has 42 heavy (non-hydrogen) atoms. The van der Waals surface area contributed by atoms with Crippen LogP contribution in [0.5, 0.6) is 0 Å². The molecule has 1 aliphatic heterocycles. The van der Waals surface area contributed by atoms with Crippen molar-refractivity contribution in [2.24, 2.45) is 0 Å². The molecule has 0 radical (unpaired) electrons. The minimum Gasteiger partial charge on any atom is -0.456 e. The number of hydrogen-bond acceptors (Lipinski definition) is 7. The molecule has 1 aliphatic rings. The Bertz CT molecular complexity index is 1640. The van der Waals surface area contributed by atoms with Crippen molar-refractivity contribution in [3.05, 3.63) is 89.7 Å². The minimum atomic E-state index is -4.08. The highest BCUT2D eigenvalue weighted by molar-refractivity contribution is 7.89. The van der Waals surface area contributed by atoms with Gasteiger partial charge in [-0.1, -0.05) is 38.1 Å². The van der Waals surface area contributed by atoms with Gasteiger partial charge in [0.15, 0.2) is 6.61 Å². The van der Waals surface area contributed by atoms with Crippen LogP contribution in [0, 0.1) is 5.82 Å². The molecule has 4 rings (SSSR count). The number of nitrogens with one attached hydrogen (secondary N) is 1. The van der Waals surface area contributed by atoms with Crippen LogP contribution in [0.4, 0.5) is 10.1 Å². The lowest BCUT2D eigenvalue weighted by molar-refractivity contribution is -0.148. The lowest BCUT2D eigenvalue weighted by Gasteiger charge is -2.36. The monoisotopic (exact) mass is 617 g/mol. The van der Waals surface area contributed by atoms with E-state index in [9.17, 15) is 30.8 Å². The van der Waals surface area contributed by atoms with Crippen LogP contribution in [0.3, 0.4) is 0 Å². The number of hydrogen-bond donors (Lipinski definition) is 1. The van der Waals surface area contributed by atoms with Gasteiger partial charge in [-0.05, 0) is 66.1 Å². The maximum absolute atomic E-state index is 13.5. The summed E-state index contributed by atoms with van der Waals surface area (Å²) in [5.74, 6) is -2.01. The van der Waals surface area contributed by atoms with E-state index in [0.29, 0.717) is 30.8 Å². The fourth-order valence-corrected chi connectivity index (χ4v) is 7.92. The number of anilines is 1. The summed E-state index contributed by atoms with van der Waals surface area (Å²) < 4.78 is 73.4. The van der Waals surface area contributed by atoms with Gasteiger partial charge in [0.05, 0.1) is 22.3 Å². The van der Waals surface area contributed by atoms with Crippen LogP contribution in [-0.2, 0) is 40.8 Å². The smallest absolute Gasteiger partial charge is 0.308 e. The molecule has 0 aliphatic carbocycles. The van der Waals surface area contributed by atoms with Crippen molar-refractivity contribution in [2.45, 2.75) is 42.5 Å². The summed E-state index contributed by atoms with van der Waals surface area (Å²) in [7, 11) is -7.73. The Balaban J connectivity index is 1.42. The molecule has 13 heteroatoms. The molecular formula is C29H32FN3O7S2. The number of amides is 1. The molecule has 3 aromatic carbocycles. The second-order valence-electron chi connectivity index (χ2n) is 9.56. The number of carbonyl (C=O) groups excluding carboxylic acids is 2. The van der Waals surface area contributed by atoms with Crippen LogP contribution in [0.2, 0.25) is 0 Å². The van der Waals surface area contributed by atoms with Crippen LogP contribution in [0.1, 0.15) is 37.4 Å². The molecule has 3 aromatic rings. The highest BCUT2D eigenvalue weighted by Gasteiger charge is 2.38. The van der Waals surface area contributed by atoms with Gasteiger partial charge in [-0.2, -0.15) is 8.61 Å². The van der Waals surface area contributed by atoms with Crippen molar-refractivity contribution >= 4 is 37.6 Å². The van der Waals surface area contributed by atoms with Crippen molar-refractivity contribution in [3.8, 4) is 0 Å². The zero-order valence-corrected chi connectivity index (χ0v) is 24.8. The summed E-state index contributed by atoms with van der Waals surface area (Å²) in [5.41, 5.74) is 1.85. The normalized spacial score (nSPS) is 15.7. The molecular weight excluding hydrogens is 585 g/mol. The van der Waals surface area contributed by atoms with E-state index in [1.165, 1.54) is 45.0 Å². The summed E-state index contributed by atoms with van der Waals surface area (Å²) in [6.07, 6.45) is 0.0855. The fraction of sp³-hybridized carbons (Fsp3) is 0.310. The third kappa shape index (κ3) is 6.86. The van der Waals surface area contributed by atoms with Crippen LogP contribution in [-0.4, -0.2) is 63.6 Å². The first kappa shape index (κ1) is 31.3. The van der Waals surface area contributed by atoms with E-state index < -0.39 is 50.4 Å². The number of rotatable bonds is 11. The molecule has 0 saturated carbocycles. The molecule has 10 nitrogen and oxygen atoms in total. The predicted molar refractivity (Wildman–Crippen MR) is 154 cm³/mol. The molecule has 0 spiro atoms. The van der Waals surface area contributed by atoms with Crippen molar-refractivity contribution in [2.75, 3.05) is 31.6 Å². The van der Waals surface area contributed by atoms with Gasteiger partial charge in [0.1, 0.15) is 5.82 Å². The lowest BCUT2D eigenvalue weighted by Crippen LogP contribution is -2.41. The van der Waals surface area contributed by atoms with Crippen LogP contribution >= 0.6 is 0 Å². The van der Waals surface area contributed by atoms with Gasteiger partial charge in [0, 0.05) is 25.3 Å². The van der Waals surface area contributed by atoms with E-state index in [4.69, 9.17) is 4.74 Å². The second-order valence-corrected chi connectivity index (χ2v) is 13.4. The molecule has 1 atom stereocenters. The molecule has 1 unspecified atom stereocenters. The highest BCUT2D eigenvalue weighted by atomic mass is 32.2. The van der Waals surface area contributed by atoms with Crippen LogP contribution < -0.4 is 5.32 Å². The van der Waals surface area contributed by atoms with Gasteiger partial charge < -0.3 is 10.1 Å². The number of halogens is 1. The zero-order valence-electron chi connectivity index (χ0n) is 23.2. The van der Waals surface area contributed by atoms with E-state index in [0.717, 1.165) is 17.7 Å². The van der Waals surface area contributed by atoms with Gasteiger partial charge in [0.25, 0.3) is 5.91 Å². The van der Waals surface area contributed by atoms with Gasteiger partial charge in [-0.15, -0.1) is 0 Å². The average molecular weight is 618 g/mol. The van der Waals surface area contributed by atoms with Crippen LogP contribution in [0.15, 0.2) is 82.6 Å². The molecule has 1 N–H and O–H groups in total. The summed E-state index contributed by atoms with van der Waals surface area (Å²) >= 11 is 0. The maximum Gasteiger partial charge on any atom is 0.308 e. The Morgan fingerprint density at radius 2 is 1.55 bits per heavy atom. The summed E-state index contributed by atoms with van der Waals surface area (Å²) in [4.78, 5) is 25.3. The Hall–Kier alpha value is -3.65. The van der Waals surface area contributed by atoms with Gasteiger partial charge in [-0.3, -0.25) is 9.59 Å². The standard InChI is InChI=1S/C29H32FN3O7S2/c1-3-32(4-2)41(36,37)24-15-11-23(12-16-24)31-28(34)20-40-29(35)19-27-26-8-6-5-7-21(26)17-18-33(27)42(38,39)25-13-9-22(30)10-14-25/h5-16,27H,3-4,17-20H2,1-2H3,(H,31,34). The van der Waals surface area contributed by atoms with Gasteiger partial charge in [-0.25, -0.2) is 21.2 Å². The number of fused-ring (bicyclic) bond motifs is 1. The number of esters is 1. The minimum absolute atomic E-state index is 0.0866. The quantitative estimate of drug-likeness (QED) is 0.325. The number of ether oxygens (including phenoxy) is 1. The molecule has 1 heterocycles. The first-order valence-corrected chi connectivity index (χ1v) is 16.3. The summed E-state index contributed by atoms with van der Waals surface area (Å²) in [6.45, 7) is 3.61. The van der Waals surface area contributed by atoms with E-state index in [2.05, 4.69) is 5.32 Å². The first-order chi connectivity index (χ1) is 20.0. The molecule has 1 amide bonds. The highest BCUT2D eigenvalue weighted by Crippen LogP contribution is 2.36. The number of carbonyl (C=O) groups is 2. The van der Waals surface area contributed by atoms with Crippen molar-refractivity contribution in [1.29, 1.82) is 0 Å². The number of benzene rings is 3. The fourth-order valence-electron chi connectivity index (χ4n) is 4.85. The molecule has 0 saturated heterocycles. The van der Waals surface area contributed by atoms with E-state index in [1.54, 1.807) is 26.0 Å². The van der Waals surface area contributed by atoms with Crippen LogP contribution in [0.25, 0.3) is 0 Å². The van der Waals surface area contributed by atoms with E-state index in [-0.39, 0.29) is 22.8 Å².